The lowest BCUT2D eigenvalue weighted by atomic mass is 10.0. The van der Waals surface area contributed by atoms with Gasteiger partial charge in [-0.3, -0.25) is 4.79 Å². The van der Waals surface area contributed by atoms with Crippen LogP contribution in [0.3, 0.4) is 0 Å². The molecule has 0 unspecified atom stereocenters. The highest BCUT2D eigenvalue weighted by Gasteiger charge is 2.30. The lowest BCUT2D eigenvalue weighted by molar-refractivity contribution is -0.122. The number of rotatable bonds is 3. The van der Waals surface area contributed by atoms with E-state index in [-0.39, 0.29) is 5.91 Å². The Kier molecular flexibility index (Phi) is 3.99. The maximum Gasteiger partial charge on any atom is 0.266 e. The highest BCUT2D eigenvalue weighted by Crippen LogP contribution is 2.32. The van der Waals surface area contributed by atoms with Gasteiger partial charge in [0.2, 0.25) is 0 Å². The van der Waals surface area contributed by atoms with E-state index in [9.17, 15) is 4.79 Å². The summed E-state index contributed by atoms with van der Waals surface area (Å²) >= 11 is 0. The summed E-state index contributed by atoms with van der Waals surface area (Å²) < 4.78 is 7.64. The molecule has 5 heteroatoms. The van der Waals surface area contributed by atoms with Gasteiger partial charge >= 0.3 is 0 Å². The molecule has 132 valence electrons. The molecule has 26 heavy (non-hydrogen) atoms. The van der Waals surface area contributed by atoms with Crippen molar-refractivity contribution in [2.75, 3.05) is 5.32 Å². The van der Waals surface area contributed by atoms with Crippen LogP contribution in [0.15, 0.2) is 48.7 Å². The zero-order valence-corrected chi connectivity index (χ0v) is 15.1. The van der Waals surface area contributed by atoms with Gasteiger partial charge in [-0.2, -0.15) is 5.10 Å². The number of ether oxygens (including phenoxy) is 1. The lowest BCUT2D eigenvalue weighted by Gasteiger charge is -2.14. The second-order valence-electron chi connectivity index (χ2n) is 6.77. The van der Waals surface area contributed by atoms with Gasteiger partial charge in [0.25, 0.3) is 5.91 Å². The maximum atomic E-state index is 12.8. The van der Waals surface area contributed by atoms with Gasteiger partial charge in [-0.15, -0.1) is 0 Å². The van der Waals surface area contributed by atoms with Gasteiger partial charge < -0.3 is 10.1 Å². The number of aromatic nitrogens is 2. The SMILES string of the molecule is Cc1cc2c(cc1C)O[C@@H](C(=O)Nc1c(C)cnn1-c1ccccc1)C2. The summed E-state index contributed by atoms with van der Waals surface area (Å²) in [6.45, 7) is 6.05. The van der Waals surface area contributed by atoms with Crippen LogP contribution >= 0.6 is 0 Å². The topological polar surface area (TPSA) is 56.1 Å². The number of nitrogens with zero attached hydrogens (tertiary/aromatic N) is 2. The molecular weight excluding hydrogens is 326 g/mol. The molecule has 5 nitrogen and oxygen atoms in total. The van der Waals surface area contributed by atoms with Crippen molar-refractivity contribution >= 4 is 11.7 Å². The fourth-order valence-corrected chi connectivity index (χ4v) is 3.20. The molecule has 1 amide bonds. The Balaban J connectivity index is 1.56. The third-order valence-electron chi connectivity index (χ3n) is 4.84. The Morgan fingerprint density at radius 2 is 1.85 bits per heavy atom. The van der Waals surface area contributed by atoms with Gasteiger partial charge in [0.1, 0.15) is 11.6 Å². The van der Waals surface area contributed by atoms with Crippen molar-refractivity contribution in [3.8, 4) is 11.4 Å². The van der Waals surface area contributed by atoms with E-state index in [4.69, 9.17) is 4.74 Å². The lowest BCUT2D eigenvalue weighted by Crippen LogP contribution is -2.32. The van der Waals surface area contributed by atoms with Crippen LogP contribution < -0.4 is 10.1 Å². The summed E-state index contributed by atoms with van der Waals surface area (Å²) in [6.07, 6.45) is 1.81. The Hall–Kier alpha value is -3.08. The van der Waals surface area contributed by atoms with Crippen molar-refractivity contribution in [1.29, 1.82) is 0 Å². The van der Waals surface area contributed by atoms with Crippen molar-refractivity contribution < 1.29 is 9.53 Å². The number of carbonyl (C=O) groups excluding carboxylic acids is 1. The molecule has 2 aromatic carbocycles. The van der Waals surface area contributed by atoms with Crippen LogP contribution in [0.25, 0.3) is 5.69 Å². The molecule has 4 rings (SSSR count). The standard InChI is InChI=1S/C21H21N3O2/c1-13-9-16-11-19(26-18(16)10-14(13)2)21(25)23-20-15(3)12-22-24(20)17-7-5-4-6-8-17/h4-10,12,19H,11H2,1-3H3,(H,23,25)/t19-/m1/s1. The summed E-state index contributed by atoms with van der Waals surface area (Å²) in [5.41, 5.74) is 5.28. The number of hydrogen-bond donors (Lipinski definition) is 1. The molecule has 0 spiro atoms. The van der Waals surface area contributed by atoms with Gasteiger partial charge in [-0.25, -0.2) is 4.68 Å². The number of nitrogens with one attached hydrogen (secondary N) is 1. The summed E-state index contributed by atoms with van der Waals surface area (Å²) in [5.74, 6) is 1.33. The second-order valence-corrected chi connectivity index (χ2v) is 6.77. The average molecular weight is 347 g/mol. The molecule has 1 aliphatic heterocycles. The van der Waals surface area contributed by atoms with Crippen molar-refractivity contribution in [3.05, 3.63) is 70.9 Å². The summed E-state index contributed by atoms with van der Waals surface area (Å²) in [7, 11) is 0. The summed E-state index contributed by atoms with van der Waals surface area (Å²) in [6, 6.07) is 13.9. The average Bonchev–Trinajstić information content (AvgIpc) is 3.20. The number of amides is 1. The maximum absolute atomic E-state index is 12.8. The number of aryl methyl sites for hydroxylation is 3. The van der Waals surface area contributed by atoms with E-state index >= 15 is 0 Å². The molecule has 0 aliphatic carbocycles. The van der Waals surface area contributed by atoms with E-state index in [0.29, 0.717) is 12.2 Å². The molecule has 0 saturated carbocycles. The molecule has 0 radical (unpaired) electrons. The van der Waals surface area contributed by atoms with E-state index in [0.717, 1.165) is 22.6 Å². The zero-order valence-electron chi connectivity index (χ0n) is 15.1. The number of hydrogen-bond acceptors (Lipinski definition) is 3. The van der Waals surface area contributed by atoms with Crippen molar-refractivity contribution in [1.82, 2.24) is 9.78 Å². The fourth-order valence-electron chi connectivity index (χ4n) is 3.20. The van der Waals surface area contributed by atoms with Gasteiger partial charge in [-0.05, 0) is 55.7 Å². The Bertz CT molecular complexity index is 945. The quantitative estimate of drug-likeness (QED) is 0.785. The summed E-state index contributed by atoms with van der Waals surface area (Å²) in [4.78, 5) is 12.8. The van der Waals surface area contributed by atoms with Gasteiger partial charge in [-0.1, -0.05) is 24.3 Å². The third kappa shape index (κ3) is 2.86. The largest absolute Gasteiger partial charge is 0.480 e. The molecule has 1 atom stereocenters. The predicted octanol–water partition coefficient (Wildman–Crippen LogP) is 3.74. The first-order valence-electron chi connectivity index (χ1n) is 8.70. The Morgan fingerprint density at radius 1 is 1.12 bits per heavy atom. The van der Waals surface area contributed by atoms with Crippen molar-refractivity contribution in [2.45, 2.75) is 33.3 Å². The molecule has 0 bridgehead atoms. The third-order valence-corrected chi connectivity index (χ3v) is 4.84. The van der Waals surface area contributed by atoms with E-state index in [1.54, 1.807) is 10.9 Å². The van der Waals surface area contributed by atoms with Crippen LogP contribution in [-0.4, -0.2) is 21.8 Å². The highest BCUT2D eigenvalue weighted by atomic mass is 16.5. The minimum absolute atomic E-state index is 0.155. The Morgan fingerprint density at radius 3 is 2.62 bits per heavy atom. The first-order valence-corrected chi connectivity index (χ1v) is 8.70. The molecular formula is C21H21N3O2. The number of benzene rings is 2. The molecule has 1 N–H and O–H groups in total. The number of carbonyl (C=O) groups is 1. The minimum Gasteiger partial charge on any atom is -0.480 e. The van der Waals surface area contributed by atoms with Crippen LogP contribution in [0.2, 0.25) is 0 Å². The van der Waals surface area contributed by atoms with Crippen LogP contribution in [-0.2, 0) is 11.2 Å². The number of fused-ring (bicyclic) bond motifs is 1. The zero-order chi connectivity index (χ0) is 18.3. The van der Waals surface area contributed by atoms with Gasteiger partial charge in [0.05, 0.1) is 11.9 Å². The smallest absolute Gasteiger partial charge is 0.266 e. The summed E-state index contributed by atoms with van der Waals surface area (Å²) in [5, 5.41) is 7.39. The van der Waals surface area contributed by atoms with E-state index in [2.05, 4.69) is 23.4 Å². The van der Waals surface area contributed by atoms with Crippen LogP contribution in [0.5, 0.6) is 5.75 Å². The Labute approximate surface area is 152 Å². The van der Waals surface area contributed by atoms with Gasteiger partial charge in [0, 0.05) is 12.0 Å². The van der Waals surface area contributed by atoms with Crippen LogP contribution in [0.1, 0.15) is 22.3 Å². The first kappa shape index (κ1) is 16.4. The molecule has 0 fully saturated rings. The van der Waals surface area contributed by atoms with E-state index in [1.165, 1.54) is 11.1 Å². The minimum atomic E-state index is -0.523. The van der Waals surface area contributed by atoms with Gasteiger partial charge in [0.15, 0.2) is 6.10 Å². The normalized spacial score (nSPS) is 15.4. The number of para-hydroxylation sites is 1. The highest BCUT2D eigenvalue weighted by molar-refractivity contribution is 5.95. The fraction of sp³-hybridized carbons (Fsp3) is 0.238. The molecule has 1 aromatic heterocycles. The van der Waals surface area contributed by atoms with E-state index in [1.807, 2.05) is 50.2 Å². The van der Waals surface area contributed by atoms with Crippen LogP contribution in [0.4, 0.5) is 5.82 Å². The van der Waals surface area contributed by atoms with Crippen molar-refractivity contribution in [3.63, 3.8) is 0 Å². The number of anilines is 1. The monoisotopic (exact) mass is 347 g/mol. The van der Waals surface area contributed by atoms with E-state index < -0.39 is 6.10 Å². The van der Waals surface area contributed by atoms with Crippen molar-refractivity contribution in [2.24, 2.45) is 0 Å². The first-order chi connectivity index (χ1) is 12.5. The van der Waals surface area contributed by atoms with Crippen LogP contribution in [0, 0.1) is 20.8 Å². The molecule has 2 heterocycles. The second kappa shape index (κ2) is 6.33. The molecule has 0 saturated heterocycles. The molecule has 1 aliphatic rings. The predicted molar refractivity (Wildman–Crippen MR) is 101 cm³/mol. The molecule has 3 aromatic rings.